The van der Waals surface area contributed by atoms with E-state index in [0.29, 0.717) is 43.3 Å². The number of nitrogens with zero attached hydrogens (tertiary/aromatic N) is 2. The van der Waals surface area contributed by atoms with Gasteiger partial charge in [0.25, 0.3) is 17.4 Å². The normalized spacial score (nSPS) is 16.1. The molecule has 10 heteroatoms. The van der Waals surface area contributed by atoms with E-state index in [1.807, 2.05) is 53.9 Å². The first-order valence-corrected chi connectivity index (χ1v) is 13.9. The fourth-order valence-corrected chi connectivity index (χ4v) is 5.60. The Morgan fingerprint density at radius 1 is 1.05 bits per heavy atom. The number of H-pyrrole nitrogens is 1. The number of carbonyl (C=O) groups excluding carboxylic acids is 2. The van der Waals surface area contributed by atoms with Crippen LogP contribution in [0.2, 0.25) is 0 Å². The first-order chi connectivity index (χ1) is 19.5. The van der Waals surface area contributed by atoms with Crippen molar-refractivity contribution in [3.8, 4) is 21.8 Å². The van der Waals surface area contributed by atoms with Crippen molar-refractivity contribution in [3.63, 3.8) is 0 Å². The standard InChI is InChI=1S/C30H27N5O4S/c36-27(31-10-11-35-12-14-39-15-13-35)22-8-7-21(32-28(22)37)17-24-23-16-20(6-9-25(23)33-29(24)38)26-18-40-30(34-26)19-4-2-1-3-5-19/h1-9,16-18H,10-15H2,(H,31,36)(H,32,37)(H,33,38)/b24-17-. The number of carbonyl (C=O) groups is 2. The molecule has 1 saturated heterocycles. The van der Waals surface area contributed by atoms with Crippen LogP contribution < -0.4 is 16.2 Å². The van der Waals surface area contributed by atoms with Gasteiger partial charge in [0.05, 0.1) is 24.5 Å². The first kappa shape index (κ1) is 25.9. The number of rotatable bonds is 7. The van der Waals surface area contributed by atoms with Gasteiger partial charge >= 0.3 is 0 Å². The third kappa shape index (κ3) is 5.50. The number of fused-ring (bicyclic) bond motifs is 1. The summed E-state index contributed by atoms with van der Waals surface area (Å²) in [6, 6.07) is 18.8. The zero-order valence-electron chi connectivity index (χ0n) is 21.6. The Bertz CT molecular complexity index is 1650. The van der Waals surface area contributed by atoms with Crippen molar-refractivity contribution in [2.24, 2.45) is 0 Å². The van der Waals surface area contributed by atoms with Crippen molar-refractivity contribution in [2.45, 2.75) is 0 Å². The van der Waals surface area contributed by atoms with Crippen LogP contribution in [0.1, 0.15) is 21.6 Å². The third-order valence-electron chi connectivity index (χ3n) is 6.92. The first-order valence-electron chi connectivity index (χ1n) is 13.1. The van der Waals surface area contributed by atoms with E-state index in [0.717, 1.165) is 40.5 Å². The lowest BCUT2D eigenvalue weighted by molar-refractivity contribution is -0.110. The molecule has 2 aliphatic rings. The van der Waals surface area contributed by atoms with E-state index in [9.17, 15) is 14.4 Å². The number of benzene rings is 2. The van der Waals surface area contributed by atoms with Gasteiger partial charge in [0.2, 0.25) is 0 Å². The van der Waals surface area contributed by atoms with E-state index in [4.69, 9.17) is 9.72 Å². The number of nitrogens with one attached hydrogen (secondary N) is 3. The molecule has 2 aliphatic heterocycles. The van der Waals surface area contributed by atoms with Crippen LogP contribution in [0, 0.1) is 0 Å². The van der Waals surface area contributed by atoms with Crippen molar-refractivity contribution in [1.29, 1.82) is 0 Å². The highest BCUT2D eigenvalue weighted by Gasteiger charge is 2.25. The van der Waals surface area contributed by atoms with Gasteiger partial charge in [0, 0.05) is 59.6 Å². The van der Waals surface area contributed by atoms with Gasteiger partial charge in [-0.25, -0.2) is 4.98 Å². The topological polar surface area (TPSA) is 116 Å². The molecule has 0 atom stereocenters. The molecule has 3 N–H and O–H groups in total. The SMILES string of the molecule is O=C1Nc2ccc(-c3csc(-c4ccccc4)n3)cc2/C1=C/c1ccc(C(=O)NCCN2CCOCC2)c(=O)[nH]1. The van der Waals surface area contributed by atoms with Crippen molar-refractivity contribution < 1.29 is 14.3 Å². The summed E-state index contributed by atoms with van der Waals surface area (Å²) in [7, 11) is 0. The molecule has 0 bridgehead atoms. The van der Waals surface area contributed by atoms with Gasteiger partial charge in [-0.05, 0) is 30.3 Å². The Morgan fingerprint density at radius 3 is 2.67 bits per heavy atom. The second-order valence-corrected chi connectivity index (χ2v) is 10.4. The van der Waals surface area contributed by atoms with Gasteiger partial charge in [-0.15, -0.1) is 11.3 Å². The monoisotopic (exact) mass is 553 g/mol. The van der Waals surface area contributed by atoms with Crippen LogP contribution in [0.5, 0.6) is 0 Å². The van der Waals surface area contributed by atoms with E-state index in [2.05, 4.69) is 20.5 Å². The van der Waals surface area contributed by atoms with Gasteiger partial charge in [-0.3, -0.25) is 19.3 Å². The maximum atomic E-state index is 12.8. The van der Waals surface area contributed by atoms with Crippen LogP contribution in [0.4, 0.5) is 5.69 Å². The second-order valence-electron chi connectivity index (χ2n) is 9.54. The van der Waals surface area contributed by atoms with Crippen LogP contribution in [-0.4, -0.2) is 66.1 Å². The molecule has 40 heavy (non-hydrogen) atoms. The minimum Gasteiger partial charge on any atom is -0.379 e. The number of hydrogen-bond acceptors (Lipinski definition) is 7. The van der Waals surface area contributed by atoms with E-state index < -0.39 is 11.5 Å². The molecule has 2 aromatic carbocycles. The molecule has 0 radical (unpaired) electrons. The highest BCUT2D eigenvalue weighted by molar-refractivity contribution is 7.13. The van der Waals surface area contributed by atoms with Gasteiger partial charge in [-0.1, -0.05) is 36.4 Å². The number of aromatic nitrogens is 2. The molecular weight excluding hydrogens is 526 g/mol. The van der Waals surface area contributed by atoms with Crippen LogP contribution in [-0.2, 0) is 9.53 Å². The van der Waals surface area contributed by atoms with E-state index in [1.54, 1.807) is 23.5 Å². The molecule has 9 nitrogen and oxygen atoms in total. The summed E-state index contributed by atoms with van der Waals surface area (Å²) in [5.74, 6) is -0.693. The van der Waals surface area contributed by atoms with E-state index in [1.165, 1.54) is 6.07 Å². The molecule has 202 valence electrons. The number of amides is 2. The smallest absolute Gasteiger partial charge is 0.261 e. The molecule has 2 amide bonds. The highest BCUT2D eigenvalue weighted by Crippen LogP contribution is 2.37. The van der Waals surface area contributed by atoms with Gasteiger partial charge in [0.15, 0.2) is 0 Å². The minimum absolute atomic E-state index is 0.0282. The molecule has 0 spiro atoms. The molecule has 2 aromatic heterocycles. The van der Waals surface area contributed by atoms with Crippen LogP contribution in [0.25, 0.3) is 33.5 Å². The zero-order valence-corrected chi connectivity index (χ0v) is 22.4. The molecule has 0 saturated carbocycles. The lowest BCUT2D eigenvalue weighted by Gasteiger charge is -2.26. The maximum absolute atomic E-state index is 12.8. The Balaban J connectivity index is 1.19. The summed E-state index contributed by atoms with van der Waals surface area (Å²) >= 11 is 1.56. The number of anilines is 1. The van der Waals surface area contributed by atoms with Gasteiger partial charge in [0.1, 0.15) is 10.6 Å². The molecule has 4 heterocycles. The van der Waals surface area contributed by atoms with Crippen LogP contribution in [0.15, 0.2) is 70.8 Å². The van der Waals surface area contributed by atoms with E-state index in [-0.39, 0.29) is 11.5 Å². The van der Waals surface area contributed by atoms with Gasteiger partial charge in [-0.2, -0.15) is 0 Å². The van der Waals surface area contributed by atoms with Crippen molar-refractivity contribution in [3.05, 3.63) is 93.2 Å². The summed E-state index contributed by atoms with van der Waals surface area (Å²) in [5, 5.41) is 8.61. The number of hydrogen-bond donors (Lipinski definition) is 3. The predicted molar refractivity (Wildman–Crippen MR) is 156 cm³/mol. The summed E-state index contributed by atoms with van der Waals surface area (Å²) < 4.78 is 5.33. The number of thiazole rings is 1. The van der Waals surface area contributed by atoms with Crippen molar-refractivity contribution in [1.82, 2.24) is 20.2 Å². The lowest BCUT2D eigenvalue weighted by Crippen LogP contribution is -2.42. The molecule has 0 unspecified atom stereocenters. The number of pyridine rings is 1. The summed E-state index contributed by atoms with van der Waals surface area (Å²) in [5.41, 5.74) is 4.55. The third-order valence-corrected chi connectivity index (χ3v) is 7.81. The number of morpholine rings is 1. The Labute approximate surface area is 234 Å². The van der Waals surface area contributed by atoms with Crippen LogP contribution in [0.3, 0.4) is 0 Å². The summed E-state index contributed by atoms with van der Waals surface area (Å²) in [4.78, 5) is 47.9. The van der Waals surface area contributed by atoms with Crippen molar-refractivity contribution >= 4 is 40.5 Å². The predicted octanol–water partition coefficient (Wildman–Crippen LogP) is 3.72. The van der Waals surface area contributed by atoms with E-state index >= 15 is 0 Å². The van der Waals surface area contributed by atoms with Crippen LogP contribution >= 0.6 is 11.3 Å². The van der Waals surface area contributed by atoms with Crippen molar-refractivity contribution in [2.75, 3.05) is 44.7 Å². The van der Waals surface area contributed by atoms with Gasteiger partial charge < -0.3 is 20.4 Å². The fraction of sp³-hybridized carbons (Fsp3) is 0.200. The Morgan fingerprint density at radius 2 is 1.88 bits per heavy atom. The lowest BCUT2D eigenvalue weighted by atomic mass is 10.0. The summed E-state index contributed by atoms with van der Waals surface area (Å²) in [6.07, 6.45) is 1.63. The molecule has 6 rings (SSSR count). The number of aromatic amines is 1. The number of ether oxygens (including phenoxy) is 1. The molecule has 4 aromatic rings. The highest BCUT2D eigenvalue weighted by atomic mass is 32.1. The quantitative estimate of drug-likeness (QED) is 0.301. The minimum atomic E-state index is -0.512. The maximum Gasteiger partial charge on any atom is 0.261 e. The molecular formula is C30H27N5O4S. The largest absolute Gasteiger partial charge is 0.379 e. The Kier molecular flexibility index (Phi) is 7.37. The Hall–Kier alpha value is -4.38. The average Bonchev–Trinajstić information content (AvgIpc) is 3.59. The fourth-order valence-electron chi connectivity index (χ4n) is 4.77. The molecule has 0 aliphatic carbocycles. The summed E-state index contributed by atoms with van der Waals surface area (Å²) in [6.45, 7) is 4.17. The molecule has 1 fully saturated rings. The average molecular weight is 554 g/mol. The zero-order chi connectivity index (χ0) is 27.5. The second kappa shape index (κ2) is 11.4.